The van der Waals surface area contributed by atoms with E-state index in [-0.39, 0.29) is 17.6 Å². The van der Waals surface area contributed by atoms with Crippen molar-refractivity contribution < 1.29 is 19.0 Å². The topological polar surface area (TPSA) is 60.0 Å². The van der Waals surface area contributed by atoms with E-state index in [4.69, 9.17) is 14.2 Å². The molecule has 0 aromatic carbocycles. The molecule has 0 radical (unpaired) electrons. The van der Waals surface area contributed by atoms with Gasteiger partial charge in [0.15, 0.2) is 0 Å². The Labute approximate surface area is 165 Å². The van der Waals surface area contributed by atoms with E-state index in [2.05, 4.69) is 23.2 Å². The Bertz CT molecular complexity index is 648. The Morgan fingerprint density at radius 3 is 2.93 bits per heavy atom. The first-order valence-electron chi connectivity index (χ1n) is 10.2. The van der Waals surface area contributed by atoms with Crippen molar-refractivity contribution >= 4 is 17.2 Å². The van der Waals surface area contributed by atoms with Crippen LogP contribution in [0.3, 0.4) is 0 Å². The van der Waals surface area contributed by atoms with E-state index < -0.39 is 0 Å². The lowest BCUT2D eigenvalue weighted by Gasteiger charge is -2.44. The molecular weight excluding hydrogens is 364 g/mol. The molecule has 1 spiro atoms. The van der Waals surface area contributed by atoms with Crippen molar-refractivity contribution in [3.05, 3.63) is 21.4 Å². The Morgan fingerprint density at radius 2 is 2.19 bits per heavy atom. The number of nitrogens with zero attached hydrogens (tertiary/aromatic N) is 1. The molecule has 6 nitrogen and oxygen atoms in total. The largest absolute Gasteiger partial charge is 0.376 e. The maximum Gasteiger partial charge on any atom is 0.261 e. The molecule has 0 bridgehead atoms. The maximum absolute atomic E-state index is 12.4. The monoisotopic (exact) mass is 394 g/mol. The summed E-state index contributed by atoms with van der Waals surface area (Å²) in [4.78, 5) is 17.0. The summed E-state index contributed by atoms with van der Waals surface area (Å²) in [5.74, 6) is 0.0540. The Balaban J connectivity index is 1.41. The molecule has 27 heavy (non-hydrogen) atoms. The number of hydrogen-bond acceptors (Lipinski definition) is 6. The van der Waals surface area contributed by atoms with Gasteiger partial charge in [-0.3, -0.25) is 4.79 Å². The molecular formula is C20H30N2O4S. The first-order valence-corrected chi connectivity index (χ1v) is 11.0. The van der Waals surface area contributed by atoms with Crippen molar-refractivity contribution in [1.29, 1.82) is 0 Å². The van der Waals surface area contributed by atoms with Gasteiger partial charge in [0.25, 0.3) is 5.91 Å². The molecule has 1 aromatic heterocycles. The number of likely N-dealkylation sites (tertiary alicyclic amines) is 1. The van der Waals surface area contributed by atoms with E-state index in [1.807, 2.05) is 0 Å². The molecule has 1 unspecified atom stereocenters. The van der Waals surface area contributed by atoms with Gasteiger partial charge >= 0.3 is 0 Å². The second-order valence-electron chi connectivity index (χ2n) is 7.68. The standard InChI is InChI=1S/C20H30N2O4S/c1-2-6-21-19(23)17-12-15-3-9-26-20(18(15)27-17)4-7-22(8-5-20)13-16-14-24-10-11-25-16/h12,16H,2-11,13-14H2,1H3,(H,21,23). The SMILES string of the molecule is CCCNC(=O)c1cc2c(s1)C1(CCN(CC3COCCO3)CC1)OCC2. The van der Waals surface area contributed by atoms with Crippen molar-refractivity contribution in [1.82, 2.24) is 10.2 Å². The number of nitrogens with one attached hydrogen (secondary N) is 1. The summed E-state index contributed by atoms with van der Waals surface area (Å²) in [6, 6.07) is 2.09. The zero-order valence-corrected chi connectivity index (χ0v) is 16.9. The molecule has 3 aliphatic rings. The first-order chi connectivity index (χ1) is 13.2. The third-order valence-electron chi connectivity index (χ3n) is 5.74. The van der Waals surface area contributed by atoms with E-state index in [0.29, 0.717) is 19.8 Å². The van der Waals surface area contributed by atoms with Gasteiger partial charge in [0, 0.05) is 31.1 Å². The van der Waals surface area contributed by atoms with Crippen LogP contribution in [0.5, 0.6) is 0 Å². The summed E-state index contributed by atoms with van der Waals surface area (Å²) in [5, 5.41) is 3.00. The number of fused-ring (bicyclic) bond motifs is 2. The summed E-state index contributed by atoms with van der Waals surface area (Å²) < 4.78 is 17.7. The molecule has 4 heterocycles. The average molecular weight is 395 g/mol. The van der Waals surface area contributed by atoms with Crippen LogP contribution in [0.2, 0.25) is 0 Å². The van der Waals surface area contributed by atoms with Crippen LogP contribution in [-0.2, 0) is 26.2 Å². The first kappa shape index (κ1) is 19.3. The fourth-order valence-electron chi connectivity index (χ4n) is 4.26. The van der Waals surface area contributed by atoms with E-state index in [1.165, 1.54) is 10.4 Å². The Morgan fingerprint density at radius 1 is 1.33 bits per heavy atom. The highest BCUT2D eigenvalue weighted by molar-refractivity contribution is 7.14. The van der Waals surface area contributed by atoms with Gasteiger partial charge in [0.2, 0.25) is 0 Å². The minimum atomic E-state index is -0.206. The van der Waals surface area contributed by atoms with Crippen LogP contribution in [0.1, 0.15) is 46.3 Å². The van der Waals surface area contributed by atoms with Crippen molar-refractivity contribution in [2.75, 3.05) is 52.6 Å². The van der Waals surface area contributed by atoms with E-state index in [9.17, 15) is 4.79 Å². The highest BCUT2D eigenvalue weighted by Gasteiger charge is 2.43. The molecule has 1 aromatic rings. The fourth-order valence-corrected chi connectivity index (χ4v) is 5.58. The van der Waals surface area contributed by atoms with Gasteiger partial charge in [-0.05, 0) is 37.3 Å². The van der Waals surface area contributed by atoms with Crippen molar-refractivity contribution in [2.24, 2.45) is 0 Å². The number of carbonyl (C=O) groups is 1. The molecule has 150 valence electrons. The Hall–Kier alpha value is -0.990. The summed E-state index contributed by atoms with van der Waals surface area (Å²) in [6.45, 7) is 8.57. The normalized spacial score (nSPS) is 25.3. The van der Waals surface area contributed by atoms with Crippen molar-refractivity contribution in [2.45, 2.75) is 44.3 Å². The molecule has 0 aliphatic carbocycles. The number of rotatable bonds is 5. The second kappa shape index (κ2) is 8.57. The maximum atomic E-state index is 12.4. The van der Waals surface area contributed by atoms with Crippen molar-refractivity contribution in [3.63, 3.8) is 0 Å². The molecule has 3 aliphatic heterocycles. The molecule has 4 rings (SSSR count). The summed E-state index contributed by atoms with van der Waals surface area (Å²) in [6.07, 6.45) is 4.00. The van der Waals surface area contributed by atoms with Crippen LogP contribution in [0, 0.1) is 0 Å². The van der Waals surface area contributed by atoms with Gasteiger partial charge in [0.05, 0.1) is 37.4 Å². The number of piperidine rings is 1. The zero-order chi connectivity index (χ0) is 18.7. The van der Waals surface area contributed by atoms with Crippen LogP contribution in [-0.4, -0.2) is 69.5 Å². The minimum absolute atomic E-state index is 0.0540. The fraction of sp³-hybridized carbons (Fsp3) is 0.750. The van der Waals surface area contributed by atoms with Gasteiger partial charge < -0.3 is 24.4 Å². The second-order valence-corrected chi connectivity index (χ2v) is 8.73. The molecule has 1 N–H and O–H groups in total. The molecule has 7 heteroatoms. The van der Waals surface area contributed by atoms with Crippen LogP contribution >= 0.6 is 11.3 Å². The number of carbonyl (C=O) groups excluding carboxylic acids is 1. The lowest BCUT2D eigenvalue weighted by atomic mass is 9.85. The van der Waals surface area contributed by atoms with E-state index in [1.54, 1.807) is 11.3 Å². The molecule has 0 saturated carbocycles. The van der Waals surface area contributed by atoms with Gasteiger partial charge in [-0.25, -0.2) is 0 Å². The Kier molecular flexibility index (Phi) is 6.14. The van der Waals surface area contributed by atoms with Crippen LogP contribution in [0.15, 0.2) is 6.07 Å². The van der Waals surface area contributed by atoms with Crippen molar-refractivity contribution in [3.8, 4) is 0 Å². The lowest BCUT2D eigenvalue weighted by molar-refractivity contribution is -0.119. The molecule has 1 atom stereocenters. The molecule has 2 fully saturated rings. The smallest absolute Gasteiger partial charge is 0.261 e. The van der Waals surface area contributed by atoms with Crippen LogP contribution in [0.4, 0.5) is 0 Å². The minimum Gasteiger partial charge on any atom is -0.376 e. The third kappa shape index (κ3) is 4.22. The quantitative estimate of drug-likeness (QED) is 0.829. The number of ether oxygens (including phenoxy) is 3. The third-order valence-corrected chi connectivity index (χ3v) is 7.10. The van der Waals surface area contributed by atoms with Crippen LogP contribution < -0.4 is 5.32 Å². The van der Waals surface area contributed by atoms with Gasteiger partial charge in [-0.1, -0.05) is 6.92 Å². The summed E-state index contributed by atoms with van der Waals surface area (Å²) >= 11 is 1.64. The lowest BCUT2D eigenvalue weighted by Crippen LogP contribution is -2.49. The number of thiophene rings is 1. The summed E-state index contributed by atoms with van der Waals surface area (Å²) in [5.41, 5.74) is 1.10. The highest BCUT2D eigenvalue weighted by atomic mass is 32.1. The van der Waals surface area contributed by atoms with Gasteiger partial charge in [0.1, 0.15) is 5.60 Å². The van der Waals surface area contributed by atoms with Gasteiger partial charge in [-0.15, -0.1) is 11.3 Å². The predicted octanol–water partition coefficient (Wildman–Crippen LogP) is 2.17. The summed E-state index contributed by atoms with van der Waals surface area (Å²) in [7, 11) is 0. The number of amides is 1. The highest BCUT2D eigenvalue weighted by Crippen LogP contribution is 2.45. The van der Waals surface area contributed by atoms with Crippen LogP contribution in [0.25, 0.3) is 0 Å². The zero-order valence-electron chi connectivity index (χ0n) is 16.1. The average Bonchev–Trinajstić information content (AvgIpc) is 3.15. The molecule has 1 amide bonds. The van der Waals surface area contributed by atoms with E-state index in [0.717, 1.165) is 63.3 Å². The molecule has 2 saturated heterocycles. The number of hydrogen-bond donors (Lipinski definition) is 1. The van der Waals surface area contributed by atoms with E-state index >= 15 is 0 Å². The predicted molar refractivity (Wildman–Crippen MR) is 105 cm³/mol. The van der Waals surface area contributed by atoms with Gasteiger partial charge in [-0.2, -0.15) is 0 Å².